The van der Waals surface area contributed by atoms with Gasteiger partial charge in [0.15, 0.2) is 5.82 Å². The van der Waals surface area contributed by atoms with Crippen molar-refractivity contribution in [2.75, 3.05) is 32.1 Å². The van der Waals surface area contributed by atoms with E-state index in [4.69, 9.17) is 9.26 Å². The highest BCUT2D eigenvalue weighted by Gasteiger charge is 2.14. The van der Waals surface area contributed by atoms with Gasteiger partial charge in [-0.05, 0) is 45.0 Å². The summed E-state index contributed by atoms with van der Waals surface area (Å²) in [5.74, 6) is 1.55. The monoisotopic (exact) mass is 347 g/mol. The maximum Gasteiger partial charge on any atom is 0.239 e. The molecular formula is C18H25N3O4. The number of aliphatic hydroxyl groups excluding tert-OH is 1. The Morgan fingerprint density at radius 3 is 2.80 bits per heavy atom. The topological polar surface area (TPSA) is 87.8 Å². The van der Waals surface area contributed by atoms with Crippen LogP contribution in [0.5, 0.6) is 5.75 Å². The summed E-state index contributed by atoms with van der Waals surface area (Å²) in [6, 6.07) is 7.59. The molecule has 0 aliphatic carbocycles. The molecule has 0 aliphatic rings. The van der Waals surface area contributed by atoms with Crippen LogP contribution in [0.2, 0.25) is 0 Å². The van der Waals surface area contributed by atoms with E-state index in [-0.39, 0.29) is 19.1 Å². The Labute approximate surface area is 147 Å². The Hall–Kier alpha value is -2.38. The molecule has 0 bridgehead atoms. The molecule has 2 aromatic rings. The Morgan fingerprint density at radius 2 is 2.12 bits per heavy atom. The number of aryl methyl sites for hydroxylation is 3. The van der Waals surface area contributed by atoms with Gasteiger partial charge in [-0.3, -0.25) is 9.69 Å². The summed E-state index contributed by atoms with van der Waals surface area (Å²) in [6.07, 6.45) is -0.702. The van der Waals surface area contributed by atoms with Crippen molar-refractivity contribution in [3.8, 4) is 5.75 Å². The van der Waals surface area contributed by atoms with E-state index >= 15 is 0 Å². The number of nitrogens with zero attached hydrogens (tertiary/aromatic N) is 2. The summed E-state index contributed by atoms with van der Waals surface area (Å²) in [4.78, 5) is 13.6. The summed E-state index contributed by atoms with van der Waals surface area (Å²) in [5, 5.41) is 16.5. The third kappa shape index (κ3) is 6.21. The molecule has 7 nitrogen and oxygen atoms in total. The molecule has 0 saturated carbocycles. The van der Waals surface area contributed by atoms with Crippen molar-refractivity contribution in [3.05, 3.63) is 41.2 Å². The maximum atomic E-state index is 11.9. The van der Waals surface area contributed by atoms with Crippen molar-refractivity contribution in [1.29, 1.82) is 0 Å². The van der Waals surface area contributed by atoms with E-state index in [1.807, 2.05) is 32.0 Å². The van der Waals surface area contributed by atoms with Crippen LogP contribution in [-0.4, -0.2) is 53.9 Å². The molecule has 7 heteroatoms. The van der Waals surface area contributed by atoms with E-state index in [0.29, 0.717) is 18.1 Å². The van der Waals surface area contributed by atoms with E-state index < -0.39 is 6.10 Å². The predicted molar refractivity (Wildman–Crippen MR) is 94.8 cm³/mol. The molecule has 1 aromatic heterocycles. The van der Waals surface area contributed by atoms with Crippen LogP contribution < -0.4 is 10.1 Å². The van der Waals surface area contributed by atoms with Crippen LogP contribution >= 0.6 is 0 Å². The lowest BCUT2D eigenvalue weighted by Gasteiger charge is -2.20. The molecule has 1 aromatic carbocycles. The van der Waals surface area contributed by atoms with Crippen molar-refractivity contribution >= 4 is 11.7 Å². The zero-order chi connectivity index (χ0) is 18.4. The summed E-state index contributed by atoms with van der Waals surface area (Å²) in [7, 11) is 1.76. The Bertz CT molecular complexity index is 714. The molecule has 0 radical (unpaired) electrons. The number of nitrogens with one attached hydrogen (secondary N) is 1. The fourth-order valence-corrected chi connectivity index (χ4v) is 2.38. The van der Waals surface area contributed by atoms with Crippen LogP contribution in [0.4, 0.5) is 5.82 Å². The van der Waals surface area contributed by atoms with Gasteiger partial charge in [0.05, 0.1) is 6.54 Å². The number of carbonyl (C=O) groups excluding carboxylic acids is 1. The largest absolute Gasteiger partial charge is 0.491 e. The van der Waals surface area contributed by atoms with Crippen LogP contribution in [0.25, 0.3) is 0 Å². The number of aliphatic hydroxyl groups is 1. The Kier molecular flexibility index (Phi) is 6.55. The fraction of sp³-hybridized carbons (Fsp3) is 0.444. The average Bonchev–Trinajstić information content (AvgIpc) is 2.92. The van der Waals surface area contributed by atoms with Crippen LogP contribution in [0, 0.1) is 20.8 Å². The zero-order valence-corrected chi connectivity index (χ0v) is 15.1. The van der Waals surface area contributed by atoms with Gasteiger partial charge in [0.25, 0.3) is 0 Å². The van der Waals surface area contributed by atoms with Gasteiger partial charge < -0.3 is 19.7 Å². The molecule has 0 spiro atoms. The van der Waals surface area contributed by atoms with Gasteiger partial charge in [0.2, 0.25) is 5.91 Å². The average molecular weight is 347 g/mol. The summed E-state index contributed by atoms with van der Waals surface area (Å²) >= 11 is 0. The van der Waals surface area contributed by atoms with Gasteiger partial charge in [-0.25, -0.2) is 0 Å². The second kappa shape index (κ2) is 8.64. The molecule has 25 heavy (non-hydrogen) atoms. The van der Waals surface area contributed by atoms with Crippen molar-refractivity contribution < 1.29 is 19.2 Å². The first kappa shape index (κ1) is 19.0. The van der Waals surface area contributed by atoms with Crippen LogP contribution in [-0.2, 0) is 4.79 Å². The van der Waals surface area contributed by atoms with Gasteiger partial charge in [-0.2, -0.15) is 0 Å². The smallest absolute Gasteiger partial charge is 0.239 e. The molecule has 2 rings (SSSR count). The maximum absolute atomic E-state index is 11.9. The first-order valence-electron chi connectivity index (χ1n) is 8.13. The first-order chi connectivity index (χ1) is 11.8. The number of likely N-dealkylation sites (N-methyl/N-ethyl adjacent to an activating group) is 1. The number of ether oxygens (including phenoxy) is 1. The third-order valence-electron chi connectivity index (χ3n) is 3.61. The molecule has 0 saturated heterocycles. The highest BCUT2D eigenvalue weighted by atomic mass is 16.5. The second-order valence-electron chi connectivity index (χ2n) is 6.30. The van der Waals surface area contributed by atoms with Crippen molar-refractivity contribution in [2.24, 2.45) is 0 Å². The minimum Gasteiger partial charge on any atom is -0.491 e. The molecule has 0 fully saturated rings. The minimum atomic E-state index is -0.702. The van der Waals surface area contributed by atoms with Crippen LogP contribution in [0.1, 0.15) is 16.9 Å². The minimum absolute atomic E-state index is 0.131. The third-order valence-corrected chi connectivity index (χ3v) is 3.61. The van der Waals surface area contributed by atoms with Crippen LogP contribution in [0.15, 0.2) is 28.8 Å². The predicted octanol–water partition coefficient (Wildman–Crippen LogP) is 1.91. The van der Waals surface area contributed by atoms with Crippen molar-refractivity contribution in [2.45, 2.75) is 26.9 Å². The summed E-state index contributed by atoms with van der Waals surface area (Å²) in [5.41, 5.74) is 2.13. The molecule has 1 atom stereocenters. The number of hydrogen-bond acceptors (Lipinski definition) is 6. The van der Waals surface area contributed by atoms with E-state index in [9.17, 15) is 9.90 Å². The number of aromatic nitrogens is 1. The van der Waals surface area contributed by atoms with Crippen LogP contribution in [0.3, 0.4) is 0 Å². The number of amides is 1. The van der Waals surface area contributed by atoms with Crippen molar-refractivity contribution in [3.63, 3.8) is 0 Å². The number of benzene rings is 1. The van der Waals surface area contributed by atoms with Gasteiger partial charge in [0, 0.05) is 12.6 Å². The molecule has 0 aliphatic heterocycles. The number of anilines is 1. The number of rotatable bonds is 8. The summed E-state index contributed by atoms with van der Waals surface area (Å²) in [6.45, 7) is 6.32. The first-order valence-corrected chi connectivity index (χ1v) is 8.13. The standard InChI is InChI=1S/C18H25N3O4/c1-12-5-6-13(2)16(7-12)24-11-15(22)9-21(4)10-18(23)19-17-8-14(3)25-20-17/h5-8,15,22H,9-11H2,1-4H3,(H,19,20,23)/t15-/m0/s1. The van der Waals surface area contributed by atoms with Gasteiger partial charge in [-0.1, -0.05) is 17.3 Å². The lowest BCUT2D eigenvalue weighted by Crippen LogP contribution is -2.37. The normalized spacial score (nSPS) is 12.2. The Morgan fingerprint density at radius 1 is 1.36 bits per heavy atom. The highest BCUT2D eigenvalue weighted by Crippen LogP contribution is 2.19. The summed E-state index contributed by atoms with van der Waals surface area (Å²) < 4.78 is 10.6. The van der Waals surface area contributed by atoms with E-state index in [1.54, 1.807) is 24.9 Å². The SMILES string of the molecule is Cc1ccc(C)c(OC[C@@H](O)CN(C)CC(=O)Nc2cc(C)on2)c1. The van der Waals surface area contributed by atoms with E-state index in [2.05, 4.69) is 10.5 Å². The molecule has 1 amide bonds. The highest BCUT2D eigenvalue weighted by molar-refractivity contribution is 5.91. The molecule has 1 heterocycles. The quantitative estimate of drug-likeness (QED) is 0.758. The molecule has 2 N–H and O–H groups in total. The van der Waals surface area contributed by atoms with Gasteiger partial charge in [0.1, 0.15) is 24.2 Å². The second-order valence-corrected chi connectivity index (χ2v) is 6.30. The number of hydrogen-bond donors (Lipinski definition) is 2. The lowest BCUT2D eigenvalue weighted by molar-refractivity contribution is -0.117. The van der Waals surface area contributed by atoms with Crippen molar-refractivity contribution in [1.82, 2.24) is 10.1 Å². The fourth-order valence-electron chi connectivity index (χ4n) is 2.38. The lowest BCUT2D eigenvalue weighted by atomic mass is 10.1. The zero-order valence-electron chi connectivity index (χ0n) is 15.1. The Balaban J connectivity index is 1.74. The molecule has 0 unspecified atom stereocenters. The molecule has 136 valence electrons. The van der Waals surface area contributed by atoms with Gasteiger partial charge in [-0.15, -0.1) is 0 Å². The van der Waals surface area contributed by atoms with Gasteiger partial charge >= 0.3 is 0 Å². The van der Waals surface area contributed by atoms with E-state index in [1.165, 1.54) is 0 Å². The molecular weight excluding hydrogens is 322 g/mol. The van der Waals surface area contributed by atoms with E-state index in [0.717, 1.165) is 16.9 Å². The number of carbonyl (C=O) groups is 1.